The number of halogens is 2. The van der Waals surface area contributed by atoms with Crippen molar-refractivity contribution in [3.05, 3.63) is 64.4 Å². The molecule has 0 bridgehead atoms. The molecule has 2 aromatic carbocycles. The van der Waals surface area contributed by atoms with Crippen molar-refractivity contribution in [2.24, 2.45) is 0 Å². The van der Waals surface area contributed by atoms with Crippen molar-refractivity contribution >= 4 is 43.5 Å². The van der Waals surface area contributed by atoms with Crippen molar-refractivity contribution in [3.8, 4) is 0 Å². The molecule has 3 rings (SSSR count). The maximum atomic E-state index is 14.5. The summed E-state index contributed by atoms with van der Waals surface area (Å²) >= 11 is 3.32. The van der Waals surface area contributed by atoms with Crippen LogP contribution in [0.25, 0.3) is 0 Å². The predicted molar refractivity (Wildman–Crippen MR) is 138 cm³/mol. The molecular weight excluding hydrogens is 537 g/mol. The summed E-state index contributed by atoms with van der Waals surface area (Å²) in [5, 5.41) is 3.01. The highest BCUT2D eigenvalue weighted by atomic mass is 79.9. The summed E-state index contributed by atoms with van der Waals surface area (Å²) < 4.78 is 41.3. The van der Waals surface area contributed by atoms with Crippen LogP contribution in [0.4, 0.5) is 10.1 Å². The molecule has 2 amide bonds. The lowest BCUT2D eigenvalue weighted by atomic mass is 9.95. The lowest BCUT2D eigenvalue weighted by Gasteiger charge is -2.33. The topological polar surface area (TPSA) is 86.8 Å². The van der Waals surface area contributed by atoms with Crippen LogP contribution in [0, 0.1) is 5.82 Å². The van der Waals surface area contributed by atoms with Crippen LogP contribution in [0.15, 0.2) is 53.0 Å². The minimum Gasteiger partial charge on any atom is -0.352 e. The largest absolute Gasteiger partial charge is 0.352 e. The van der Waals surface area contributed by atoms with E-state index >= 15 is 0 Å². The quantitative estimate of drug-likeness (QED) is 0.491. The summed E-state index contributed by atoms with van der Waals surface area (Å²) in [6, 6.07) is 11.7. The molecule has 10 heteroatoms. The Morgan fingerprint density at radius 3 is 2.43 bits per heavy atom. The molecule has 1 aliphatic rings. The van der Waals surface area contributed by atoms with E-state index in [4.69, 9.17) is 0 Å². The average molecular weight is 569 g/mol. The minimum atomic E-state index is -3.82. The van der Waals surface area contributed by atoms with E-state index in [1.165, 1.54) is 11.0 Å². The Balaban J connectivity index is 1.88. The molecule has 7 nitrogen and oxygen atoms in total. The fourth-order valence-corrected chi connectivity index (χ4v) is 5.44. The van der Waals surface area contributed by atoms with Crippen LogP contribution in [0.3, 0.4) is 0 Å². The first-order valence-corrected chi connectivity index (χ1v) is 14.3. The molecule has 1 saturated carbocycles. The van der Waals surface area contributed by atoms with Gasteiger partial charge in [0.15, 0.2) is 0 Å². The number of amides is 2. The molecule has 190 valence electrons. The smallest absolute Gasteiger partial charge is 0.244 e. The zero-order chi connectivity index (χ0) is 25.6. The van der Waals surface area contributed by atoms with Crippen LogP contribution >= 0.6 is 15.9 Å². The van der Waals surface area contributed by atoms with Gasteiger partial charge in [0.25, 0.3) is 0 Å². The average Bonchev–Trinajstić information content (AvgIpc) is 2.81. The Kier molecular flexibility index (Phi) is 9.29. The number of anilines is 1. The standard InChI is InChI=1S/C25H31BrFN3O4S/c1-18(25(32)28-21-11-4-3-5-12-21)29(16-19-9-6-7-14-23(19)27)24(31)17-30(35(2,33)34)22-13-8-10-20(26)15-22/h6-10,13-15,18,21H,3-5,11-12,16-17H2,1-2H3,(H,28,32). The lowest BCUT2D eigenvalue weighted by molar-refractivity contribution is -0.139. The second kappa shape index (κ2) is 12.0. The van der Waals surface area contributed by atoms with Crippen molar-refractivity contribution in [2.75, 3.05) is 17.1 Å². The van der Waals surface area contributed by atoms with Gasteiger partial charge in [0, 0.05) is 22.6 Å². The molecule has 0 aliphatic heterocycles. The third-order valence-electron chi connectivity index (χ3n) is 6.19. The van der Waals surface area contributed by atoms with E-state index in [9.17, 15) is 22.4 Å². The zero-order valence-electron chi connectivity index (χ0n) is 19.9. The number of sulfonamides is 1. The first kappa shape index (κ1) is 27.1. The van der Waals surface area contributed by atoms with E-state index in [0.717, 1.165) is 42.7 Å². The Morgan fingerprint density at radius 1 is 1.11 bits per heavy atom. The molecule has 1 aliphatic carbocycles. The third kappa shape index (κ3) is 7.51. The molecule has 2 aromatic rings. The van der Waals surface area contributed by atoms with Gasteiger partial charge >= 0.3 is 0 Å². The number of carbonyl (C=O) groups excluding carboxylic acids is 2. The number of carbonyl (C=O) groups is 2. The maximum absolute atomic E-state index is 14.5. The molecule has 35 heavy (non-hydrogen) atoms. The lowest BCUT2D eigenvalue weighted by Crippen LogP contribution is -2.53. The van der Waals surface area contributed by atoms with E-state index < -0.39 is 34.3 Å². The molecule has 1 unspecified atom stereocenters. The van der Waals surface area contributed by atoms with Crippen LogP contribution in [-0.2, 0) is 26.2 Å². The van der Waals surface area contributed by atoms with Gasteiger partial charge in [-0.25, -0.2) is 12.8 Å². The molecule has 0 aromatic heterocycles. The van der Waals surface area contributed by atoms with Crippen molar-refractivity contribution in [1.29, 1.82) is 0 Å². The van der Waals surface area contributed by atoms with Gasteiger partial charge in [0.2, 0.25) is 21.8 Å². The van der Waals surface area contributed by atoms with Crippen molar-refractivity contribution in [1.82, 2.24) is 10.2 Å². The summed E-state index contributed by atoms with van der Waals surface area (Å²) in [5.74, 6) is -1.45. The first-order valence-electron chi connectivity index (χ1n) is 11.6. The molecule has 1 N–H and O–H groups in total. The van der Waals surface area contributed by atoms with E-state index in [1.807, 2.05) is 0 Å². The second-order valence-electron chi connectivity index (χ2n) is 8.88. The molecule has 1 fully saturated rings. The van der Waals surface area contributed by atoms with Crippen molar-refractivity contribution in [3.63, 3.8) is 0 Å². The van der Waals surface area contributed by atoms with Crippen LogP contribution < -0.4 is 9.62 Å². The highest BCUT2D eigenvalue weighted by molar-refractivity contribution is 9.10. The van der Waals surface area contributed by atoms with E-state index in [-0.39, 0.29) is 24.1 Å². The summed E-state index contributed by atoms with van der Waals surface area (Å²) in [5.41, 5.74) is 0.548. The van der Waals surface area contributed by atoms with E-state index in [1.54, 1.807) is 49.4 Å². The van der Waals surface area contributed by atoms with Gasteiger partial charge in [-0.3, -0.25) is 13.9 Å². The fourth-order valence-electron chi connectivity index (χ4n) is 4.21. The van der Waals surface area contributed by atoms with Gasteiger partial charge in [-0.05, 0) is 44.0 Å². The number of benzene rings is 2. The van der Waals surface area contributed by atoms with E-state index in [0.29, 0.717) is 10.2 Å². The summed E-state index contributed by atoms with van der Waals surface area (Å²) in [7, 11) is -3.82. The van der Waals surface area contributed by atoms with Gasteiger partial charge in [0.05, 0.1) is 11.9 Å². The number of hydrogen-bond acceptors (Lipinski definition) is 4. The zero-order valence-corrected chi connectivity index (χ0v) is 22.3. The van der Waals surface area contributed by atoms with Crippen LogP contribution in [-0.4, -0.2) is 50.0 Å². The summed E-state index contributed by atoms with van der Waals surface area (Å²) in [4.78, 5) is 27.9. The van der Waals surface area contributed by atoms with Gasteiger partial charge in [0.1, 0.15) is 18.4 Å². The number of rotatable bonds is 9. The SMILES string of the molecule is CC(C(=O)NC1CCCCC1)N(Cc1ccccc1F)C(=O)CN(c1cccc(Br)c1)S(C)(=O)=O. The first-order chi connectivity index (χ1) is 16.6. The Morgan fingerprint density at radius 2 is 1.80 bits per heavy atom. The summed E-state index contributed by atoms with van der Waals surface area (Å²) in [6.45, 7) is 0.895. The normalized spacial score (nSPS) is 15.3. The fraction of sp³-hybridized carbons (Fsp3) is 0.440. The van der Waals surface area contributed by atoms with Crippen molar-refractivity contribution in [2.45, 2.75) is 57.7 Å². The minimum absolute atomic E-state index is 0.0401. The second-order valence-corrected chi connectivity index (χ2v) is 11.7. The van der Waals surface area contributed by atoms with Crippen LogP contribution in [0.5, 0.6) is 0 Å². The summed E-state index contributed by atoms with van der Waals surface area (Å²) in [6.07, 6.45) is 5.98. The highest BCUT2D eigenvalue weighted by Gasteiger charge is 2.31. The molecule has 1 atom stereocenters. The van der Waals surface area contributed by atoms with Crippen molar-refractivity contribution < 1.29 is 22.4 Å². The van der Waals surface area contributed by atoms with Crippen LogP contribution in [0.1, 0.15) is 44.6 Å². The number of hydrogen-bond donors (Lipinski definition) is 1. The third-order valence-corrected chi connectivity index (χ3v) is 7.83. The van der Waals surface area contributed by atoms with Gasteiger partial charge < -0.3 is 10.2 Å². The monoisotopic (exact) mass is 567 g/mol. The van der Waals surface area contributed by atoms with Gasteiger partial charge in [-0.15, -0.1) is 0 Å². The van der Waals surface area contributed by atoms with Crippen LogP contribution in [0.2, 0.25) is 0 Å². The number of nitrogens with one attached hydrogen (secondary N) is 1. The Hall–Kier alpha value is -2.46. The molecule has 0 radical (unpaired) electrons. The Labute approximate surface area is 214 Å². The van der Waals surface area contributed by atoms with E-state index in [2.05, 4.69) is 21.2 Å². The van der Waals surface area contributed by atoms with Gasteiger partial charge in [-0.1, -0.05) is 59.5 Å². The number of nitrogens with zero attached hydrogens (tertiary/aromatic N) is 2. The predicted octanol–water partition coefficient (Wildman–Crippen LogP) is 4.22. The molecule has 0 heterocycles. The molecule has 0 spiro atoms. The molecule has 0 saturated heterocycles. The molecular formula is C25H31BrFN3O4S. The maximum Gasteiger partial charge on any atom is 0.244 e. The Bertz CT molecular complexity index is 1150. The van der Waals surface area contributed by atoms with Gasteiger partial charge in [-0.2, -0.15) is 0 Å². The highest BCUT2D eigenvalue weighted by Crippen LogP contribution is 2.23.